The number of amides is 1. The molecule has 1 amide bonds. The van der Waals surface area contributed by atoms with Crippen LogP contribution in [0.5, 0.6) is 0 Å². The molecule has 0 aliphatic carbocycles. The van der Waals surface area contributed by atoms with Crippen LogP contribution in [0.2, 0.25) is 0 Å². The fourth-order valence-electron chi connectivity index (χ4n) is 1.59. The Morgan fingerprint density at radius 2 is 2.10 bits per heavy atom. The topological polar surface area (TPSA) is 75.2 Å². The lowest BCUT2D eigenvalue weighted by molar-refractivity contribution is 0.101. The van der Waals surface area contributed by atoms with Crippen molar-refractivity contribution in [3.8, 4) is 0 Å². The second kappa shape index (κ2) is 5.79. The summed E-state index contributed by atoms with van der Waals surface area (Å²) < 4.78 is 0. The zero-order valence-corrected chi connectivity index (χ0v) is 12.2. The minimum absolute atomic E-state index is 0.0580. The molecule has 104 valence electrons. The van der Waals surface area contributed by atoms with Crippen molar-refractivity contribution < 1.29 is 9.59 Å². The van der Waals surface area contributed by atoms with Gasteiger partial charge in [-0.25, -0.2) is 9.97 Å². The lowest BCUT2D eigenvalue weighted by atomic mass is 10.2. The Bertz CT molecular complexity index is 651. The van der Waals surface area contributed by atoms with E-state index in [4.69, 9.17) is 0 Å². The van der Waals surface area contributed by atoms with Gasteiger partial charge in [-0.1, -0.05) is 0 Å². The predicted octanol–water partition coefficient (Wildman–Crippen LogP) is 2.06. The van der Waals surface area contributed by atoms with Gasteiger partial charge in [0.2, 0.25) is 0 Å². The molecule has 2 aromatic heterocycles. The second-order valence-corrected chi connectivity index (χ2v) is 5.28. The molecular formula is C13H14N4O2S. The molecule has 2 rings (SSSR count). The van der Waals surface area contributed by atoms with Gasteiger partial charge in [-0.3, -0.25) is 9.59 Å². The first-order valence-electron chi connectivity index (χ1n) is 5.87. The van der Waals surface area contributed by atoms with E-state index in [-0.39, 0.29) is 11.7 Å². The molecule has 20 heavy (non-hydrogen) atoms. The van der Waals surface area contributed by atoms with Crippen molar-refractivity contribution in [2.24, 2.45) is 0 Å². The molecule has 0 atom stereocenters. The highest BCUT2D eigenvalue weighted by molar-refractivity contribution is 7.12. The Morgan fingerprint density at radius 3 is 2.70 bits per heavy atom. The van der Waals surface area contributed by atoms with Gasteiger partial charge in [-0.2, -0.15) is 0 Å². The average molecular weight is 290 g/mol. The average Bonchev–Trinajstić information content (AvgIpc) is 2.89. The van der Waals surface area contributed by atoms with Crippen LogP contribution in [0.3, 0.4) is 0 Å². The zero-order valence-electron chi connectivity index (χ0n) is 11.4. The van der Waals surface area contributed by atoms with Gasteiger partial charge < -0.3 is 10.2 Å². The summed E-state index contributed by atoms with van der Waals surface area (Å²) >= 11 is 1.23. The fraction of sp³-hybridized carbons (Fsp3) is 0.231. The largest absolute Gasteiger partial charge is 0.361 e. The van der Waals surface area contributed by atoms with Gasteiger partial charge in [-0.05, 0) is 13.0 Å². The molecule has 0 spiro atoms. The fourth-order valence-corrected chi connectivity index (χ4v) is 2.43. The number of thiophene rings is 1. The van der Waals surface area contributed by atoms with E-state index in [1.165, 1.54) is 24.6 Å². The summed E-state index contributed by atoms with van der Waals surface area (Å²) in [6.07, 6.45) is 2.96. The Labute approximate surface area is 120 Å². The molecule has 0 aromatic carbocycles. The number of rotatable bonds is 4. The van der Waals surface area contributed by atoms with Gasteiger partial charge in [0.15, 0.2) is 11.6 Å². The highest BCUT2D eigenvalue weighted by Gasteiger charge is 2.14. The van der Waals surface area contributed by atoms with E-state index < -0.39 is 0 Å². The van der Waals surface area contributed by atoms with Crippen molar-refractivity contribution in [3.05, 3.63) is 34.4 Å². The van der Waals surface area contributed by atoms with Gasteiger partial charge in [-0.15, -0.1) is 11.3 Å². The van der Waals surface area contributed by atoms with E-state index in [0.29, 0.717) is 21.9 Å². The smallest absolute Gasteiger partial charge is 0.265 e. The van der Waals surface area contributed by atoms with Crippen LogP contribution >= 0.6 is 11.3 Å². The van der Waals surface area contributed by atoms with Gasteiger partial charge in [0.1, 0.15) is 12.0 Å². The van der Waals surface area contributed by atoms with Crippen LogP contribution in [0.25, 0.3) is 0 Å². The Morgan fingerprint density at radius 1 is 1.35 bits per heavy atom. The first-order valence-corrected chi connectivity index (χ1v) is 6.75. The third-order valence-corrected chi connectivity index (χ3v) is 3.52. The molecule has 0 fully saturated rings. The first kappa shape index (κ1) is 14.1. The number of hydrogen-bond acceptors (Lipinski definition) is 6. The molecule has 0 unspecified atom stereocenters. The van der Waals surface area contributed by atoms with Crippen LogP contribution in [0, 0.1) is 0 Å². The Kier molecular flexibility index (Phi) is 4.09. The van der Waals surface area contributed by atoms with Gasteiger partial charge >= 0.3 is 0 Å². The molecule has 2 aromatic rings. The maximum absolute atomic E-state index is 12.1. The Hall–Kier alpha value is -2.28. The maximum Gasteiger partial charge on any atom is 0.265 e. The third-order valence-electron chi connectivity index (χ3n) is 2.59. The van der Waals surface area contributed by atoms with Crippen LogP contribution in [0.1, 0.15) is 27.0 Å². The quantitative estimate of drug-likeness (QED) is 0.872. The summed E-state index contributed by atoms with van der Waals surface area (Å²) in [4.78, 5) is 33.6. The monoisotopic (exact) mass is 290 g/mol. The van der Waals surface area contributed by atoms with Crippen LogP contribution < -0.4 is 10.2 Å². The van der Waals surface area contributed by atoms with E-state index in [0.717, 1.165) is 0 Å². The minimum atomic E-state index is -0.277. The molecule has 7 heteroatoms. The molecule has 0 saturated heterocycles. The maximum atomic E-state index is 12.1. The normalized spacial score (nSPS) is 10.2. The van der Waals surface area contributed by atoms with Crippen LogP contribution in [0.15, 0.2) is 24.0 Å². The summed E-state index contributed by atoms with van der Waals surface area (Å²) in [5.41, 5.74) is 1.07. The van der Waals surface area contributed by atoms with Crippen molar-refractivity contribution in [1.82, 2.24) is 9.97 Å². The van der Waals surface area contributed by atoms with Crippen LogP contribution in [0.4, 0.5) is 11.5 Å². The highest BCUT2D eigenvalue weighted by Crippen LogP contribution is 2.22. The number of nitrogens with one attached hydrogen (secondary N) is 1. The molecule has 2 heterocycles. The first-order chi connectivity index (χ1) is 9.49. The summed E-state index contributed by atoms with van der Waals surface area (Å²) in [7, 11) is 3.66. The molecule has 0 aliphatic rings. The van der Waals surface area contributed by atoms with Crippen molar-refractivity contribution >= 4 is 34.5 Å². The molecule has 6 nitrogen and oxygen atoms in total. The van der Waals surface area contributed by atoms with Gasteiger partial charge in [0.05, 0.1) is 11.1 Å². The highest BCUT2D eigenvalue weighted by atomic mass is 32.1. The predicted molar refractivity (Wildman–Crippen MR) is 78.6 cm³/mol. The lowest BCUT2D eigenvalue weighted by Crippen LogP contribution is -2.17. The Balaban J connectivity index is 2.21. The molecule has 0 bridgehead atoms. The number of hydrogen-bond donors (Lipinski definition) is 1. The molecular weight excluding hydrogens is 276 g/mol. The van der Waals surface area contributed by atoms with Gasteiger partial charge in [0.25, 0.3) is 5.91 Å². The van der Waals surface area contributed by atoms with E-state index in [2.05, 4.69) is 15.3 Å². The summed E-state index contributed by atoms with van der Waals surface area (Å²) in [5.74, 6) is 0.287. The van der Waals surface area contributed by atoms with E-state index in [1.54, 1.807) is 22.5 Å². The number of nitrogens with zero attached hydrogens (tertiary/aromatic N) is 3. The third kappa shape index (κ3) is 3.00. The second-order valence-electron chi connectivity index (χ2n) is 4.36. The summed E-state index contributed by atoms with van der Waals surface area (Å²) in [6, 6.07) is 1.58. The minimum Gasteiger partial charge on any atom is -0.361 e. The summed E-state index contributed by atoms with van der Waals surface area (Å²) in [6.45, 7) is 1.47. The van der Waals surface area contributed by atoms with Crippen molar-refractivity contribution in [2.45, 2.75) is 6.92 Å². The van der Waals surface area contributed by atoms with E-state index in [9.17, 15) is 9.59 Å². The molecule has 0 radical (unpaired) electrons. The summed E-state index contributed by atoms with van der Waals surface area (Å²) in [5, 5.41) is 4.43. The molecule has 0 aliphatic heterocycles. The van der Waals surface area contributed by atoms with E-state index in [1.807, 2.05) is 14.1 Å². The van der Waals surface area contributed by atoms with Crippen LogP contribution in [-0.4, -0.2) is 35.8 Å². The number of ketones is 1. The van der Waals surface area contributed by atoms with Crippen molar-refractivity contribution in [1.29, 1.82) is 0 Å². The van der Waals surface area contributed by atoms with Gasteiger partial charge in [0, 0.05) is 25.0 Å². The van der Waals surface area contributed by atoms with Crippen LogP contribution in [-0.2, 0) is 0 Å². The SMILES string of the molecule is CC(=O)c1csc(C(=O)Nc2cncnc2N(C)C)c1. The lowest BCUT2D eigenvalue weighted by Gasteiger charge is -2.15. The number of aromatic nitrogens is 2. The van der Waals surface area contributed by atoms with E-state index >= 15 is 0 Å². The number of carbonyl (C=O) groups excluding carboxylic acids is 2. The number of carbonyl (C=O) groups is 2. The van der Waals surface area contributed by atoms with Crippen molar-refractivity contribution in [2.75, 3.05) is 24.3 Å². The zero-order chi connectivity index (χ0) is 14.7. The molecule has 1 N–H and O–H groups in total. The number of Topliss-reactive ketones (excluding diaryl/α,β-unsaturated/α-hetero) is 1. The number of anilines is 2. The van der Waals surface area contributed by atoms with Crippen molar-refractivity contribution in [3.63, 3.8) is 0 Å². The molecule has 0 saturated carbocycles. The standard InChI is InChI=1S/C13H14N4O2S/c1-8(18)9-4-11(20-6-9)13(19)16-10-5-14-7-15-12(10)17(2)3/h4-7H,1-3H3,(H,16,19).